The summed E-state index contributed by atoms with van der Waals surface area (Å²) in [5.41, 5.74) is 0. The zero-order valence-corrected chi connectivity index (χ0v) is 11.9. The Bertz CT molecular complexity index is 245. The van der Waals surface area contributed by atoms with Gasteiger partial charge in [0.2, 0.25) is 0 Å². The molecule has 3 heteroatoms. The first kappa shape index (κ1) is 17.0. The van der Waals surface area contributed by atoms with E-state index in [1.807, 2.05) is 6.07 Å². The predicted molar refractivity (Wildman–Crippen MR) is 73.0 cm³/mol. The lowest BCUT2D eigenvalue weighted by atomic mass is 9.96. The van der Waals surface area contributed by atoms with Crippen molar-refractivity contribution in [3.8, 4) is 6.07 Å². The van der Waals surface area contributed by atoms with Crippen LogP contribution in [0.3, 0.4) is 0 Å². The summed E-state index contributed by atoms with van der Waals surface area (Å²) in [4.78, 5) is 11.2. The van der Waals surface area contributed by atoms with E-state index in [2.05, 4.69) is 13.8 Å². The third-order valence-electron chi connectivity index (χ3n) is 3.14. The van der Waals surface area contributed by atoms with Crippen LogP contribution >= 0.6 is 0 Å². The number of rotatable bonds is 11. The molecule has 0 heterocycles. The van der Waals surface area contributed by atoms with Gasteiger partial charge in [0.05, 0.1) is 12.7 Å². The number of carbonyl (C=O) groups is 1. The summed E-state index contributed by atoms with van der Waals surface area (Å²) in [6, 6.07) is 1.82. The lowest BCUT2D eigenvalue weighted by molar-refractivity contribution is -0.144. The van der Waals surface area contributed by atoms with Gasteiger partial charge < -0.3 is 4.74 Å². The number of hydrogen-bond donors (Lipinski definition) is 0. The minimum Gasteiger partial charge on any atom is -0.465 e. The molecule has 0 N–H and O–H groups in total. The number of esters is 1. The molecule has 0 fully saturated rings. The fourth-order valence-corrected chi connectivity index (χ4v) is 1.99. The zero-order chi connectivity index (χ0) is 13.6. The second-order valence-electron chi connectivity index (χ2n) is 4.88. The Balaban J connectivity index is 3.83. The van der Waals surface area contributed by atoms with Gasteiger partial charge in [-0.05, 0) is 18.8 Å². The molecule has 0 saturated carbocycles. The summed E-state index contributed by atoms with van der Waals surface area (Å²) in [5, 5.41) is 8.39. The van der Waals surface area contributed by atoms with E-state index in [0.29, 0.717) is 12.5 Å². The first-order chi connectivity index (χ1) is 8.74. The Morgan fingerprint density at radius 2 is 1.78 bits per heavy atom. The quantitative estimate of drug-likeness (QED) is 0.409. The van der Waals surface area contributed by atoms with Gasteiger partial charge in [0.1, 0.15) is 6.42 Å². The first-order valence-electron chi connectivity index (χ1n) is 7.27. The van der Waals surface area contributed by atoms with Crippen molar-refractivity contribution >= 4 is 5.97 Å². The van der Waals surface area contributed by atoms with Gasteiger partial charge in [0.15, 0.2) is 0 Å². The molecule has 104 valence electrons. The zero-order valence-electron chi connectivity index (χ0n) is 11.9. The maximum absolute atomic E-state index is 11.2. The molecule has 0 bridgehead atoms. The highest BCUT2D eigenvalue weighted by Gasteiger charge is 2.11. The van der Waals surface area contributed by atoms with Gasteiger partial charge in [0.25, 0.3) is 0 Å². The van der Waals surface area contributed by atoms with Crippen molar-refractivity contribution in [2.45, 2.75) is 71.6 Å². The van der Waals surface area contributed by atoms with Crippen LogP contribution in [0.2, 0.25) is 0 Å². The van der Waals surface area contributed by atoms with Crippen molar-refractivity contribution in [2.75, 3.05) is 6.61 Å². The van der Waals surface area contributed by atoms with E-state index in [-0.39, 0.29) is 12.4 Å². The summed E-state index contributed by atoms with van der Waals surface area (Å²) >= 11 is 0. The van der Waals surface area contributed by atoms with Gasteiger partial charge in [-0.1, -0.05) is 52.4 Å². The van der Waals surface area contributed by atoms with Crippen molar-refractivity contribution in [1.29, 1.82) is 5.26 Å². The minimum atomic E-state index is -0.382. The van der Waals surface area contributed by atoms with Crippen molar-refractivity contribution < 1.29 is 9.53 Å². The standard InChI is InChI=1S/C15H27NO2/c1-3-5-7-8-10-14(9-6-4-2)13-18-15(17)11-12-16/h14H,3-11,13H2,1-2H3. The summed E-state index contributed by atoms with van der Waals surface area (Å²) < 4.78 is 5.14. The highest BCUT2D eigenvalue weighted by atomic mass is 16.5. The molecular weight excluding hydrogens is 226 g/mol. The Morgan fingerprint density at radius 3 is 2.39 bits per heavy atom. The van der Waals surface area contributed by atoms with Crippen LogP contribution in [-0.4, -0.2) is 12.6 Å². The third kappa shape index (κ3) is 10.1. The molecule has 0 aliphatic rings. The van der Waals surface area contributed by atoms with Crippen molar-refractivity contribution in [3.63, 3.8) is 0 Å². The van der Waals surface area contributed by atoms with E-state index in [9.17, 15) is 4.79 Å². The highest BCUT2D eigenvalue weighted by Crippen LogP contribution is 2.18. The normalized spacial score (nSPS) is 11.8. The Morgan fingerprint density at radius 1 is 1.11 bits per heavy atom. The van der Waals surface area contributed by atoms with Crippen LogP contribution in [0.25, 0.3) is 0 Å². The summed E-state index contributed by atoms with van der Waals surface area (Å²) in [7, 11) is 0. The van der Waals surface area contributed by atoms with E-state index in [4.69, 9.17) is 10.00 Å². The maximum Gasteiger partial charge on any atom is 0.320 e. The van der Waals surface area contributed by atoms with Gasteiger partial charge in [-0.3, -0.25) is 4.79 Å². The van der Waals surface area contributed by atoms with E-state index in [0.717, 1.165) is 12.8 Å². The maximum atomic E-state index is 11.2. The van der Waals surface area contributed by atoms with Crippen LogP contribution in [-0.2, 0) is 9.53 Å². The van der Waals surface area contributed by atoms with Gasteiger partial charge in [-0.25, -0.2) is 0 Å². The summed E-state index contributed by atoms with van der Waals surface area (Å²) in [6.45, 7) is 4.88. The van der Waals surface area contributed by atoms with E-state index in [1.165, 1.54) is 38.5 Å². The molecule has 18 heavy (non-hydrogen) atoms. The van der Waals surface area contributed by atoms with Crippen LogP contribution in [0, 0.1) is 17.2 Å². The Kier molecular flexibility index (Phi) is 11.7. The van der Waals surface area contributed by atoms with Crippen LogP contribution in [0.5, 0.6) is 0 Å². The first-order valence-corrected chi connectivity index (χ1v) is 7.27. The molecule has 0 aromatic carbocycles. The minimum absolute atomic E-state index is 0.129. The van der Waals surface area contributed by atoms with E-state index < -0.39 is 0 Å². The van der Waals surface area contributed by atoms with Crippen LogP contribution in [0.1, 0.15) is 71.6 Å². The number of nitriles is 1. The fraction of sp³-hybridized carbons (Fsp3) is 0.867. The average molecular weight is 253 g/mol. The molecule has 1 atom stereocenters. The van der Waals surface area contributed by atoms with Gasteiger partial charge >= 0.3 is 5.97 Å². The third-order valence-corrected chi connectivity index (χ3v) is 3.14. The molecule has 0 radical (unpaired) electrons. The van der Waals surface area contributed by atoms with Gasteiger partial charge in [0, 0.05) is 0 Å². The predicted octanol–water partition coefficient (Wildman–Crippen LogP) is 4.22. The second-order valence-corrected chi connectivity index (χ2v) is 4.88. The number of ether oxygens (including phenoxy) is 1. The monoisotopic (exact) mass is 253 g/mol. The number of unbranched alkanes of at least 4 members (excludes halogenated alkanes) is 4. The van der Waals surface area contributed by atoms with E-state index in [1.54, 1.807) is 0 Å². The van der Waals surface area contributed by atoms with E-state index >= 15 is 0 Å². The molecule has 0 aliphatic carbocycles. The van der Waals surface area contributed by atoms with Crippen LogP contribution in [0.4, 0.5) is 0 Å². The smallest absolute Gasteiger partial charge is 0.320 e. The van der Waals surface area contributed by atoms with Crippen molar-refractivity contribution in [1.82, 2.24) is 0 Å². The molecule has 3 nitrogen and oxygen atoms in total. The summed E-state index contributed by atoms with van der Waals surface area (Å²) in [5.74, 6) is 0.0944. The molecular formula is C15H27NO2. The van der Waals surface area contributed by atoms with Crippen LogP contribution < -0.4 is 0 Å². The SMILES string of the molecule is CCCCCCC(CCCC)COC(=O)CC#N. The fourth-order valence-electron chi connectivity index (χ4n) is 1.99. The van der Waals surface area contributed by atoms with Gasteiger partial charge in [-0.2, -0.15) is 5.26 Å². The molecule has 0 spiro atoms. The second kappa shape index (κ2) is 12.4. The largest absolute Gasteiger partial charge is 0.465 e. The molecule has 0 aromatic rings. The van der Waals surface area contributed by atoms with Gasteiger partial charge in [-0.15, -0.1) is 0 Å². The summed E-state index contributed by atoms with van der Waals surface area (Å²) in [6.07, 6.45) is 9.53. The number of hydrogen-bond acceptors (Lipinski definition) is 3. The van der Waals surface area contributed by atoms with Crippen molar-refractivity contribution in [3.05, 3.63) is 0 Å². The molecule has 0 amide bonds. The average Bonchev–Trinajstić information content (AvgIpc) is 2.37. The molecule has 0 aliphatic heterocycles. The Labute approximate surface area is 112 Å². The number of nitrogens with zero attached hydrogens (tertiary/aromatic N) is 1. The number of carbonyl (C=O) groups excluding carboxylic acids is 1. The Hall–Kier alpha value is -1.04. The topological polar surface area (TPSA) is 50.1 Å². The molecule has 0 aromatic heterocycles. The molecule has 0 rings (SSSR count). The lowest BCUT2D eigenvalue weighted by Gasteiger charge is -2.16. The molecule has 1 unspecified atom stereocenters. The van der Waals surface area contributed by atoms with Crippen LogP contribution in [0.15, 0.2) is 0 Å². The van der Waals surface area contributed by atoms with Crippen molar-refractivity contribution in [2.24, 2.45) is 5.92 Å². The molecule has 0 saturated heterocycles. The lowest BCUT2D eigenvalue weighted by Crippen LogP contribution is -2.14. The highest BCUT2D eigenvalue weighted by molar-refractivity contribution is 5.71.